The summed E-state index contributed by atoms with van der Waals surface area (Å²) in [5.74, 6) is -4.98. The van der Waals surface area contributed by atoms with Gasteiger partial charge in [0, 0.05) is 5.56 Å². The van der Waals surface area contributed by atoms with Gasteiger partial charge in [0.1, 0.15) is 11.5 Å². The number of nitrogens with zero attached hydrogens (tertiary/aromatic N) is 1. The van der Waals surface area contributed by atoms with Crippen molar-refractivity contribution in [3.8, 4) is 0 Å². The van der Waals surface area contributed by atoms with Crippen LogP contribution in [0.15, 0.2) is 24.3 Å². The number of esters is 1. The van der Waals surface area contributed by atoms with E-state index in [1.807, 2.05) is 5.43 Å². The summed E-state index contributed by atoms with van der Waals surface area (Å²) in [5.41, 5.74) is -0.533. The lowest BCUT2D eigenvalue weighted by Gasteiger charge is -2.35. The first-order valence-electron chi connectivity index (χ1n) is 10.6. The van der Waals surface area contributed by atoms with Gasteiger partial charge < -0.3 is 15.2 Å². The van der Waals surface area contributed by atoms with E-state index in [0.717, 1.165) is 0 Å². The average Bonchev–Trinajstić information content (AvgIpc) is 2.74. The van der Waals surface area contributed by atoms with Crippen molar-refractivity contribution in [1.82, 2.24) is 15.9 Å². The number of carboxylic acids is 1. The van der Waals surface area contributed by atoms with Crippen molar-refractivity contribution in [3.63, 3.8) is 0 Å². The van der Waals surface area contributed by atoms with Gasteiger partial charge in [0.15, 0.2) is 0 Å². The largest absolute Gasteiger partial charge is 0.480 e. The third-order valence-electron chi connectivity index (χ3n) is 5.15. The number of ether oxygens (including phenoxy) is 1. The molecule has 11 heteroatoms. The molecule has 0 aliphatic heterocycles. The normalized spacial score (nSPS) is 13.9. The number of hydroxylamine groups is 1. The molecule has 0 aliphatic rings. The SMILES string of the molecule is COC(=O)c1ccc(C(=O)NN(O)C(=O)C(C)(CC(C)C)C(=O)N[C@H](C(=O)O)C(C)(C)C)cc1. The Morgan fingerprint density at radius 3 is 1.91 bits per heavy atom. The molecule has 1 aromatic carbocycles. The van der Waals surface area contributed by atoms with E-state index >= 15 is 0 Å². The molecular weight excluding hydrogens is 446 g/mol. The van der Waals surface area contributed by atoms with Crippen LogP contribution in [0.3, 0.4) is 0 Å². The van der Waals surface area contributed by atoms with Gasteiger partial charge in [-0.15, -0.1) is 5.17 Å². The number of hydrogen-bond donors (Lipinski definition) is 4. The Hall–Kier alpha value is -3.47. The third-order valence-corrected chi connectivity index (χ3v) is 5.15. The summed E-state index contributed by atoms with van der Waals surface area (Å²) in [6.45, 7) is 9.64. The summed E-state index contributed by atoms with van der Waals surface area (Å²) in [6, 6.07) is 3.95. The maximum Gasteiger partial charge on any atom is 0.337 e. The van der Waals surface area contributed by atoms with Crippen LogP contribution in [0.4, 0.5) is 0 Å². The van der Waals surface area contributed by atoms with Crippen molar-refractivity contribution in [2.24, 2.45) is 16.7 Å². The second-order valence-electron chi connectivity index (χ2n) is 9.67. The summed E-state index contributed by atoms with van der Waals surface area (Å²) < 4.78 is 4.58. The molecule has 0 fully saturated rings. The zero-order valence-electron chi connectivity index (χ0n) is 20.5. The van der Waals surface area contributed by atoms with Crippen molar-refractivity contribution >= 4 is 29.7 Å². The first kappa shape index (κ1) is 28.6. The van der Waals surface area contributed by atoms with E-state index in [-0.39, 0.29) is 28.6 Å². The Kier molecular flexibility index (Phi) is 9.33. The van der Waals surface area contributed by atoms with Gasteiger partial charge in [-0.25, -0.2) is 15.0 Å². The molecule has 0 heterocycles. The van der Waals surface area contributed by atoms with Gasteiger partial charge >= 0.3 is 11.9 Å². The number of aliphatic carboxylic acids is 1. The molecule has 1 aromatic rings. The van der Waals surface area contributed by atoms with Gasteiger partial charge in [0.2, 0.25) is 5.91 Å². The fraction of sp³-hybridized carbons (Fsp3) is 0.522. The van der Waals surface area contributed by atoms with Crippen LogP contribution in [0.5, 0.6) is 0 Å². The zero-order valence-corrected chi connectivity index (χ0v) is 20.5. The maximum absolute atomic E-state index is 13.1. The van der Waals surface area contributed by atoms with Gasteiger partial charge in [-0.1, -0.05) is 34.6 Å². The minimum absolute atomic E-state index is 0.0215. The smallest absolute Gasteiger partial charge is 0.337 e. The molecule has 0 spiro atoms. The summed E-state index contributed by atoms with van der Waals surface area (Å²) in [5, 5.41) is 22.1. The molecule has 0 aromatic heterocycles. The highest BCUT2D eigenvalue weighted by molar-refractivity contribution is 6.06. The highest BCUT2D eigenvalue weighted by atomic mass is 16.6. The summed E-state index contributed by atoms with van der Waals surface area (Å²) in [7, 11) is 1.21. The molecule has 4 N–H and O–H groups in total. The van der Waals surface area contributed by atoms with Crippen molar-refractivity contribution in [1.29, 1.82) is 0 Å². The van der Waals surface area contributed by atoms with Crippen LogP contribution in [0, 0.1) is 16.7 Å². The average molecular weight is 480 g/mol. The molecule has 0 bridgehead atoms. The number of hydrogen-bond acceptors (Lipinski definition) is 7. The minimum atomic E-state index is -1.89. The molecule has 0 saturated carbocycles. The lowest BCUT2D eigenvalue weighted by atomic mass is 9.78. The molecule has 0 aliphatic carbocycles. The van der Waals surface area contributed by atoms with Gasteiger partial charge in [-0.2, -0.15) is 0 Å². The van der Waals surface area contributed by atoms with Crippen molar-refractivity contribution in [2.45, 2.75) is 54.0 Å². The lowest BCUT2D eigenvalue weighted by Crippen LogP contribution is -2.59. The number of hydrazine groups is 1. The van der Waals surface area contributed by atoms with E-state index < -0.39 is 46.5 Å². The lowest BCUT2D eigenvalue weighted by molar-refractivity contribution is -0.189. The van der Waals surface area contributed by atoms with Gasteiger partial charge in [-0.05, 0) is 48.9 Å². The van der Waals surface area contributed by atoms with Crippen LogP contribution in [0.25, 0.3) is 0 Å². The molecule has 11 nitrogen and oxygen atoms in total. The van der Waals surface area contributed by atoms with Crippen LogP contribution in [0.2, 0.25) is 0 Å². The maximum atomic E-state index is 13.1. The molecule has 3 amide bonds. The van der Waals surface area contributed by atoms with Crippen molar-refractivity contribution < 1.29 is 39.0 Å². The Morgan fingerprint density at radius 1 is 1.00 bits per heavy atom. The van der Waals surface area contributed by atoms with Crippen LogP contribution < -0.4 is 10.7 Å². The van der Waals surface area contributed by atoms with E-state index in [1.165, 1.54) is 38.3 Å². The van der Waals surface area contributed by atoms with E-state index in [4.69, 9.17) is 0 Å². The van der Waals surface area contributed by atoms with E-state index in [0.29, 0.717) is 0 Å². The van der Waals surface area contributed by atoms with Crippen LogP contribution in [-0.4, -0.2) is 58.3 Å². The zero-order chi connectivity index (χ0) is 26.4. The number of rotatable bonds is 8. The number of amides is 3. The van der Waals surface area contributed by atoms with Crippen LogP contribution >= 0.6 is 0 Å². The highest BCUT2D eigenvalue weighted by Gasteiger charge is 2.47. The van der Waals surface area contributed by atoms with Gasteiger partial charge in [-0.3, -0.25) is 19.6 Å². The fourth-order valence-electron chi connectivity index (χ4n) is 3.35. The number of carbonyl (C=O) groups excluding carboxylic acids is 4. The van der Waals surface area contributed by atoms with Crippen molar-refractivity contribution in [2.75, 3.05) is 7.11 Å². The highest BCUT2D eigenvalue weighted by Crippen LogP contribution is 2.30. The summed E-state index contributed by atoms with van der Waals surface area (Å²) >= 11 is 0. The van der Waals surface area contributed by atoms with E-state index in [9.17, 15) is 34.3 Å². The molecule has 1 unspecified atom stereocenters. The Morgan fingerprint density at radius 2 is 1.50 bits per heavy atom. The molecule has 188 valence electrons. The number of carbonyl (C=O) groups is 5. The van der Waals surface area contributed by atoms with Gasteiger partial charge in [0.05, 0.1) is 12.7 Å². The predicted octanol–water partition coefficient (Wildman–Crippen LogP) is 2.00. The number of benzene rings is 1. The number of carboxylic acid groups (broad SMARTS) is 1. The third kappa shape index (κ3) is 7.01. The topological polar surface area (TPSA) is 162 Å². The Bertz CT molecular complexity index is 937. The summed E-state index contributed by atoms with van der Waals surface area (Å²) in [4.78, 5) is 61.8. The van der Waals surface area contributed by atoms with Crippen LogP contribution in [0.1, 0.15) is 68.7 Å². The Balaban J connectivity index is 3.12. The summed E-state index contributed by atoms with van der Waals surface area (Å²) in [6.07, 6.45) is -0.0328. The molecule has 0 saturated heterocycles. The first-order chi connectivity index (χ1) is 15.5. The molecule has 0 radical (unpaired) electrons. The molecule has 34 heavy (non-hydrogen) atoms. The van der Waals surface area contributed by atoms with Crippen molar-refractivity contribution in [3.05, 3.63) is 35.4 Å². The fourth-order valence-corrected chi connectivity index (χ4v) is 3.35. The molecule has 2 atom stereocenters. The van der Waals surface area contributed by atoms with E-state index in [1.54, 1.807) is 34.6 Å². The van der Waals surface area contributed by atoms with E-state index in [2.05, 4.69) is 10.1 Å². The molecular formula is C23H33N3O8. The van der Waals surface area contributed by atoms with Gasteiger partial charge in [0.25, 0.3) is 11.8 Å². The number of methoxy groups -OCH3 is 1. The standard InChI is InChI=1S/C23H33N3O8/c1-13(2)12-23(6,20(31)24-16(18(28)29)22(3,4)5)21(32)26(33)25-17(27)14-8-10-15(11-9-14)19(30)34-7/h8-11,13,16,33H,12H2,1-7H3,(H,24,31)(H,25,27)(H,28,29)/t16-,23?/m1/s1. The minimum Gasteiger partial charge on any atom is -0.480 e. The molecule has 1 rings (SSSR count). The first-order valence-corrected chi connectivity index (χ1v) is 10.6. The predicted molar refractivity (Wildman–Crippen MR) is 120 cm³/mol. The van der Waals surface area contributed by atoms with Crippen LogP contribution in [-0.2, 0) is 19.1 Å². The Labute approximate surface area is 198 Å². The quantitative estimate of drug-likeness (QED) is 0.190. The second-order valence-corrected chi connectivity index (χ2v) is 9.67. The number of nitrogens with one attached hydrogen (secondary N) is 2. The second kappa shape index (κ2) is 11.1. The monoisotopic (exact) mass is 479 g/mol.